The van der Waals surface area contributed by atoms with Crippen LogP contribution in [0.15, 0.2) is 47.4 Å². The molecule has 2 aromatic carbocycles. The number of esters is 1. The first-order chi connectivity index (χ1) is 18.5. The molecule has 0 aromatic heterocycles. The number of carbonyl (C=O) groups is 2. The smallest absolute Gasteiger partial charge is 0.322 e. The molecule has 0 bridgehead atoms. The predicted octanol–water partition coefficient (Wildman–Crippen LogP) is 3.26. The zero-order valence-electron chi connectivity index (χ0n) is 21.8. The quantitative estimate of drug-likeness (QED) is 0.389. The van der Waals surface area contributed by atoms with Crippen LogP contribution in [0.4, 0.5) is 17.1 Å². The molecule has 2 saturated heterocycles. The van der Waals surface area contributed by atoms with Crippen molar-refractivity contribution in [3.63, 3.8) is 0 Å². The Kier molecular flexibility index (Phi) is 7.33. The van der Waals surface area contributed by atoms with Crippen molar-refractivity contribution >= 4 is 48.9 Å². The molecule has 1 aliphatic carbocycles. The molecule has 2 heterocycles. The van der Waals surface area contributed by atoms with Crippen molar-refractivity contribution in [3.05, 3.63) is 48.0 Å². The first-order valence-electron chi connectivity index (χ1n) is 12.9. The van der Waals surface area contributed by atoms with Gasteiger partial charge < -0.3 is 15.0 Å². The van der Waals surface area contributed by atoms with Gasteiger partial charge >= 0.3 is 5.97 Å². The predicted molar refractivity (Wildman–Crippen MR) is 149 cm³/mol. The van der Waals surface area contributed by atoms with E-state index in [2.05, 4.69) is 19.7 Å². The van der Waals surface area contributed by atoms with Crippen molar-refractivity contribution in [2.24, 2.45) is 5.41 Å². The number of benzene rings is 2. The maximum Gasteiger partial charge on any atom is 0.322 e. The van der Waals surface area contributed by atoms with Crippen LogP contribution in [0.5, 0.6) is 0 Å². The van der Waals surface area contributed by atoms with Gasteiger partial charge in [0.25, 0.3) is 5.91 Å². The second-order valence-corrected chi connectivity index (χ2v) is 14.2. The minimum Gasteiger partial charge on any atom is -0.468 e. The van der Waals surface area contributed by atoms with Crippen LogP contribution >= 0.6 is 0 Å². The van der Waals surface area contributed by atoms with E-state index in [1.165, 1.54) is 18.9 Å². The monoisotopic (exact) mass is 575 g/mol. The summed E-state index contributed by atoms with van der Waals surface area (Å²) in [5, 5.41) is 2.86. The third kappa shape index (κ3) is 6.04. The molecule has 11 nitrogen and oxygen atoms in total. The zero-order valence-corrected chi connectivity index (χ0v) is 23.4. The van der Waals surface area contributed by atoms with Crippen LogP contribution in [-0.4, -0.2) is 67.9 Å². The van der Waals surface area contributed by atoms with Gasteiger partial charge in [-0.3, -0.25) is 14.3 Å². The number of carbonyl (C=O) groups excluding carboxylic acids is 2. The zero-order chi connectivity index (χ0) is 27.8. The second kappa shape index (κ2) is 10.4. The van der Waals surface area contributed by atoms with Gasteiger partial charge in [0.15, 0.2) is 5.75 Å². The summed E-state index contributed by atoms with van der Waals surface area (Å²) in [6, 6.07) is 11.2. The number of amides is 1. The Morgan fingerprint density at radius 2 is 1.69 bits per heavy atom. The van der Waals surface area contributed by atoms with Gasteiger partial charge in [0.2, 0.25) is 10.0 Å². The fourth-order valence-corrected chi connectivity index (χ4v) is 7.62. The van der Waals surface area contributed by atoms with Crippen LogP contribution in [0.1, 0.15) is 42.5 Å². The Morgan fingerprint density at radius 3 is 2.31 bits per heavy atom. The fourth-order valence-electron chi connectivity index (χ4n) is 5.02. The lowest BCUT2D eigenvalue weighted by atomic mass is 9.93. The van der Waals surface area contributed by atoms with Crippen molar-refractivity contribution in [2.75, 3.05) is 54.0 Å². The van der Waals surface area contributed by atoms with Gasteiger partial charge in [0, 0.05) is 31.9 Å². The van der Waals surface area contributed by atoms with Gasteiger partial charge in [0.05, 0.1) is 28.9 Å². The topological polar surface area (TPSA) is 149 Å². The number of piperidine rings is 1. The van der Waals surface area contributed by atoms with Crippen molar-refractivity contribution in [2.45, 2.75) is 37.0 Å². The van der Waals surface area contributed by atoms with E-state index < -0.39 is 37.6 Å². The molecule has 39 heavy (non-hydrogen) atoms. The van der Waals surface area contributed by atoms with Crippen molar-refractivity contribution in [1.82, 2.24) is 4.31 Å². The van der Waals surface area contributed by atoms with Gasteiger partial charge in [0.1, 0.15) is 9.92 Å². The number of methoxy groups -OCH3 is 1. The summed E-state index contributed by atoms with van der Waals surface area (Å²) < 4.78 is 54.8. The van der Waals surface area contributed by atoms with E-state index in [0.29, 0.717) is 40.3 Å². The number of nitrogens with zero attached hydrogens (tertiary/aromatic N) is 2. The van der Waals surface area contributed by atoms with Crippen LogP contribution in [0.3, 0.4) is 0 Å². The molecule has 2 aromatic rings. The van der Waals surface area contributed by atoms with E-state index >= 15 is 0 Å². The SMILES string of the molecule is COC(=O)CS(=O)(=O)Nc1ccc(C(=O)Nc2cccc(S(=N)(=O)N3CCC3)c2)c(N2CCC3(CC2)CC3)c1. The maximum absolute atomic E-state index is 13.5. The fraction of sp³-hybridized carbons (Fsp3) is 0.462. The summed E-state index contributed by atoms with van der Waals surface area (Å²) in [4.78, 5) is 27.4. The van der Waals surface area contributed by atoms with Crippen LogP contribution in [0, 0.1) is 10.2 Å². The first kappa shape index (κ1) is 27.4. The van der Waals surface area contributed by atoms with E-state index in [4.69, 9.17) is 4.78 Å². The third-order valence-corrected chi connectivity index (χ3v) is 10.9. The van der Waals surface area contributed by atoms with Gasteiger partial charge in [-0.15, -0.1) is 0 Å². The Bertz CT molecular complexity index is 1490. The van der Waals surface area contributed by atoms with E-state index in [1.807, 2.05) is 0 Å². The van der Waals surface area contributed by atoms with Crippen LogP contribution in [0.25, 0.3) is 0 Å². The molecule has 0 radical (unpaired) electrons. The standard InChI is InChI=1S/C26H33N5O6S2/c1-37-24(32)18-38(34,35)29-20-6-7-22(23(17-20)30-14-10-26(8-9-26)11-15-30)25(33)28-19-4-2-5-21(16-19)39(27,36)31-12-3-13-31/h2,4-7,16-17,27,29H,3,8-15,18H2,1H3,(H,28,33). The highest BCUT2D eigenvalue weighted by Crippen LogP contribution is 2.54. The van der Waals surface area contributed by atoms with Crippen molar-refractivity contribution < 1.29 is 27.0 Å². The molecule has 1 spiro atoms. The number of nitrogens with one attached hydrogen (secondary N) is 3. The van der Waals surface area contributed by atoms with Gasteiger partial charge in [-0.1, -0.05) is 6.07 Å². The molecule has 5 rings (SSSR count). The highest BCUT2D eigenvalue weighted by atomic mass is 32.2. The molecule has 1 amide bonds. The summed E-state index contributed by atoms with van der Waals surface area (Å²) in [6.45, 7) is 2.69. The number of anilines is 3. The summed E-state index contributed by atoms with van der Waals surface area (Å²) in [5.74, 6) is -2.10. The highest BCUT2D eigenvalue weighted by molar-refractivity contribution is 7.93. The molecule has 1 unspecified atom stereocenters. The average molecular weight is 576 g/mol. The summed E-state index contributed by atoms with van der Waals surface area (Å²) in [7, 11) is -5.99. The Labute approximate surface area is 229 Å². The van der Waals surface area contributed by atoms with E-state index in [9.17, 15) is 22.2 Å². The number of sulfonamides is 1. The van der Waals surface area contributed by atoms with Crippen LogP contribution < -0.4 is 14.9 Å². The number of hydrogen-bond donors (Lipinski definition) is 3. The first-order valence-corrected chi connectivity index (χ1v) is 16.1. The van der Waals surface area contributed by atoms with Gasteiger partial charge in [-0.05, 0) is 73.9 Å². The molecule has 3 aliphatic rings. The van der Waals surface area contributed by atoms with Crippen molar-refractivity contribution in [1.29, 1.82) is 4.78 Å². The molecule has 210 valence electrons. The van der Waals surface area contributed by atoms with Gasteiger partial charge in [-0.25, -0.2) is 21.7 Å². The summed E-state index contributed by atoms with van der Waals surface area (Å²) >= 11 is 0. The van der Waals surface area contributed by atoms with Crippen LogP contribution in [0.2, 0.25) is 0 Å². The minimum atomic E-state index is -4.00. The number of rotatable bonds is 9. The Hall–Kier alpha value is -3.16. The highest BCUT2D eigenvalue weighted by Gasteiger charge is 2.44. The molecular formula is C26H33N5O6S2. The van der Waals surface area contributed by atoms with E-state index in [1.54, 1.807) is 40.7 Å². The molecule has 3 N–H and O–H groups in total. The molecule has 2 aliphatic heterocycles. The van der Waals surface area contributed by atoms with E-state index in [-0.39, 0.29) is 5.69 Å². The summed E-state index contributed by atoms with van der Waals surface area (Å²) in [6.07, 6.45) is 5.34. The molecule has 3 fully saturated rings. The second-order valence-electron chi connectivity index (χ2n) is 10.4. The number of hydrogen-bond acceptors (Lipinski definition) is 8. The van der Waals surface area contributed by atoms with Crippen LogP contribution in [-0.2, 0) is 29.5 Å². The normalized spacial score (nSPS) is 20.0. The lowest BCUT2D eigenvalue weighted by molar-refractivity contribution is -0.137. The minimum absolute atomic E-state index is 0.239. The Balaban J connectivity index is 1.40. The molecule has 13 heteroatoms. The van der Waals surface area contributed by atoms with E-state index in [0.717, 1.165) is 39.5 Å². The molecule has 1 atom stereocenters. The maximum atomic E-state index is 13.5. The molecular weight excluding hydrogens is 542 g/mol. The Morgan fingerprint density at radius 1 is 0.974 bits per heavy atom. The largest absolute Gasteiger partial charge is 0.468 e. The molecule has 1 saturated carbocycles. The van der Waals surface area contributed by atoms with Gasteiger partial charge in [-0.2, -0.15) is 0 Å². The van der Waals surface area contributed by atoms with Crippen molar-refractivity contribution in [3.8, 4) is 0 Å². The number of ether oxygens (including phenoxy) is 1. The lowest BCUT2D eigenvalue weighted by Crippen LogP contribution is -2.41. The third-order valence-electron chi connectivity index (χ3n) is 7.76. The summed E-state index contributed by atoms with van der Waals surface area (Å²) in [5.41, 5.74) is 2.00. The lowest BCUT2D eigenvalue weighted by Gasteiger charge is -2.35. The average Bonchev–Trinajstić information content (AvgIpc) is 3.61.